The zero-order valence-electron chi connectivity index (χ0n) is 22.7. The molecule has 0 amide bonds. The van der Waals surface area contributed by atoms with Crippen LogP contribution in [-0.4, -0.2) is 12.8 Å². The van der Waals surface area contributed by atoms with Crippen LogP contribution in [0.1, 0.15) is 55.7 Å². The molecule has 0 fully saturated rings. The van der Waals surface area contributed by atoms with Crippen molar-refractivity contribution in [2.75, 3.05) is 6.61 Å². The maximum atomic E-state index is 15.3. The van der Waals surface area contributed by atoms with Crippen molar-refractivity contribution in [3.8, 4) is 16.9 Å². The van der Waals surface area contributed by atoms with Crippen molar-refractivity contribution < 1.29 is 35.5 Å². The Bertz CT molecular complexity index is 1470. The van der Waals surface area contributed by atoms with Gasteiger partial charge in [0.2, 0.25) is 0 Å². The van der Waals surface area contributed by atoms with Gasteiger partial charge >= 0.3 is 6.18 Å². The maximum absolute atomic E-state index is 15.3. The van der Waals surface area contributed by atoms with Crippen molar-refractivity contribution in [3.63, 3.8) is 0 Å². The molecule has 0 heterocycles. The number of aryl methyl sites for hydroxylation is 3. The predicted octanol–water partition coefficient (Wildman–Crippen LogP) is 10.3. The summed E-state index contributed by atoms with van der Waals surface area (Å²) in [4.78, 5) is 0. The number of benzene rings is 4. The number of unbranched alkanes of at least 4 members (excludes halogenated alkanes) is 4. The molecule has 0 aliphatic carbocycles. The molecule has 0 unspecified atom stereocenters. The summed E-state index contributed by atoms with van der Waals surface area (Å²) in [6.07, 6.45) is 1.92. The molecule has 8 heteroatoms. The summed E-state index contributed by atoms with van der Waals surface area (Å²) in [6, 6.07) is 15.2. The Kier molecular flexibility index (Phi) is 9.94. The second-order valence-corrected chi connectivity index (χ2v) is 10.2. The quantitative estimate of drug-likeness (QED) is 0.120. The molecule has 0 saturated heterocycles. The smallest absolute Gasteiger partial charge is 0.422 e. The number of hydrogen-bond donors (Lipinski definition) is 0. The van der Waals surface area contributed by atoms with Gasteiger partial charge in [0.25, 0.3) is 0 Å². The lowest BCUT2D eigenvalue weighted by atomic mass is 9.96. The van der Waals surface area contributed by atoms with E-state index in [1.165, 1.54) is 19.3 Å². The predicted molar refractivity (Wildman–Crippen MR) is 147 cm³/mol. The number of rotatable bonds is 12. The third kappa shape index (κ3) is 8.02. The van der Waals surface area contributed by atoms with Crippen LogP contribution in [0.2, 0.25) is 0 Å². The van der Waals surface area contributed by atoms with Gasteiger partial charge in [0.15, 0.2) is 24.0 Å². The highest BCUT2D eigenvalue weighted by atomic mass is 19.4. The first-order valence-corrected chi connectivity index (χ1v) is 13.7. The van der Waals surface area contributed by atoms with Gasteiger partial charge in [-0.05, 0) is 77.6 Å². The third-order valence-electron chi connectivity index (χ3n) is 7.07. The molecule has 1 nitrogen and oxygen atoms in total. The van der Waals surface area contributed by atoms with Crippen LogP contribution in [0.4, 0.5) is 30.7 Å². The van der Waals surface area contributed by atoms with E-state index in [1.807, 2.05) is 6.07 Å². The Labute approximate surface area is 235 Å². The fraction of sp³-hybridized carbons (Fsp3) is 0.333. The molecule has 0 aromatic heterocycles. The van der Waals surface area contributed by atoms with Gasteiger partial charge in [-0.2, -0.15) is 13.2 Å². The van der Waals surface area contributed by atoms with E-state index in [0.717, 1.165) is 37.0 Å². The van der Waals surface area contributed by atoms with Gasteiger partial charge in [0.1, 0.15) is 11.6 Å². The highest BCUT2D eigenvalue weighted by Crippen LogP contribution is 2.31. The van der Waals surface area contributed by atoms with Crippen molar-refractivity contribution >= 4 is 10.8 Å². The first kappa shape index (κ1) is 30.4. The largest absolute Gasteiger partial charge is 0.478 e. The van der Waals surface area contributed by atoms with Gasteiger partial charge in [0.05, 0.1) is 0 Å². The summed E-state index contributed by atoms with van der Waals surface area (Å²) in [5.74, 6) is -4.46. The molecule has 0 aliphatic rings. The minimum atomic E-state index is -4.74. The summed E-state index contributed by atoms with van der Waals surface area (Å²) in [5, 5.41) is 0.898. The normalized spacial score (nSPS) is 11.8. The molecule has 0 radical (unpaired) electrons. The Hall–Kier alpha value is -3.55. The first-order chi connectivity index (χ1) is 19.6. The summed E-state index contributed by atoms with van der Waals surface area (Å²) in [7, 11) is 0. The Balaban J connectivity index is 1.45. The van der Waals surface area contributed by atoms with Gasteiger partial charge in [-0.15, -0.1) is 0 Å². The van der Waals surface area contributed by atoms with Crippen LogP contribution in [0, 0.1) is 23.3 Å². The number of ether oxygens (including phenoxy) is 1. The second kappa shape index (κ2) is 13.4. The molecule has 0 saturated carbocycles. The van der Waals surface area contributed by atoms with E-state index in [-0.39, 0.29) is 24.2 Å². The fourth-order valence-corrected chi connectivity index (χ4v) is 4.91. The van der Waals surface area contributed by atoms with Gasteiger partial charge in [-0.25, -0.2) is 17.6 Å². The van der Waals surface area contributed by atoms with E-state index in [4.69, 9.17) is 0 Å². The average Bonchev–Trinajstić information content (AvgIpc) is 2.91. The molecule has 0 spiro atoms. The summed E-state index contributed by atoms with van der Waals surface area (Å²) in [6.45, 7) is 0.344. The molecule has 4 rings (SSSR count). The average molecular weight is 577 g/mol. The van der Waals surface area contributed by atoms with E-state index < -0.39 is 36.0 Å². The zero-order chi connectivity index (χ0) is 29.6. The molecule has 0 aliphatic heterocycles. The number of halogens is 7. The van der Waals surface area contributed by atoms with Crippen molar-refractivity contribution in [1.82, 2.24) is 0 Å². The molecule has 4 aromatic rings. The van der Waals surface area contributed by atoms with Gasteiger partial charge in [-0.1, -0.05) is 69.0 Å². The lowest BCUT2D eigenvalue weighted by molar-refractivity contribution is -0.154. The zero-order valence-corrected chi connectivity index (χ0v) is 22.7. The number of hydrogen-bond acceptors (Lipinski definition) is 1. The first-order valence-electron chi connectivity index (χ1n) is 13.7. The van der Waals surface area contributed by atoms with Crippen LogP contribution in [-0.2, 0) is 19.3 Å². The lowest BCUT2D eigenvalue weighted by Crippen LogP contribution is -2.20. The Morgan fingerprint density at radius 1 is 0.659 bits per heavy atom. The fourth-order valence-electron chi connectivity index (χ4n) is 4.91. The molecular weight excluding hydrogens is 545 g/mol. The van der Waals surface area contributed by atoms with Crippen LogP contribution >= 0.6 is 0 Å². The standard InChI is InChI=1S/C33H31F7O/c1-2-3-4-5-6-7-21-9-14-26(28(34)16-21)24-13-15-27-25(19-24)12-11-23(31(27)37)10-8-22-17-29(35)32(30(36)18-22)41-20-33(38,39)40/h9,11-19H,2-8,10,20H2,1H3. The number of alkyl halides is 3. The van der Waals surface area contributed by atoms with E-state index in [1.54, 1.807) is 42.5 Å². The molecule has 218 valence electrons. The van der Waals surface area contributed by atoms with Gasteiger partial charge in [-0.3, -0.25) is 0 Å². The van der Waals surface area contributed by atoms with E-state index in [9.17, 15) is 26.3 Å². The van der Waals surface area contributed by atoms with Crippen LogP contribution in [0.25, 0.3) is 21.9 Å². The maximum Gasteiger partial charge on any atom is 0.422 e. The molecule has 0 bridgehead atoms. The molecule has 0 atom stereocenters. The van der Waals surface area contributed by atoms with Crippen LogP contribution in [0.5, 0.6) is 5.75 Å². The summed E-state index contributed by atoms with van der Waals surface area (Å²) >= 11 is 0. The molecule has 0 N–H and O–H groups in total. The third-order valence-corrected chi connectivity index (χ3v) is 7.07. The van der Waals surface area contributed by atoms with E-state index in [2.05, 4.69) is 11.7 Å². The second-order valence-electron chi connectivity index (χ2n) is 10.2. The monoisotopic (exact) mass is 576 g/mol. The topological polar surface area (TPSA) is 9.23 Å². The lowest BCUT2D eigenvalue weighted by Gasteiger charge is -2.12. The SMILES string of the molecule is CCCCCCCc1ccc(-c2ccc3c(F)c(CCc4cc(F)c(OCC(F)(F)F)c(F)c4)ccc3c2)c(F)c1. The van der Waals surface area contributed by atoms with Crippen molar-refractivity contribution in [2.24, 2.45) is 0 Å². The Morgan fingerprint density at radius 2 is 1.37 bits per heavy atom. The highest BCUT2D eigenvalue weighted by molar-refractivity contribution is 5.88. The van der Waals surface area contributed by atoms with E-state index in [0.29, 0.717) is 27.5 Å². The molecule has 41 heavy (non-hydrogen) atoms. The van der Waals surface area contributed by atoms with Crippen LogP contribution < -0.4 is 4.74 Å². The summed E-state index contributed by atoms with van der Waals surface area (Å²) < 4.78 is 99.9. The van der Waals surface area contributed by atoms with Crippen LogP contribution in [0.15, 0.2) is 60.7 Å². The van der Waals surface area contributed by atoms with Crippen molar-refractivity contribution in [2.45, 2.75) is 64.5 Å². The van der Waals surface area contributed by atoms with Gasteiger partial charge < -0.3 is 4.74 Å². The minimum absolute atomic E-state index is 0.0457. The number of fused-ring (bicyclic) bond motifs is 1. The van der Waals surface area contributed by atoms with Gasteiger partial charge in [0, 0.05) is 10.9 Å². The molecular formula is C33H31F7O. The van der Waals surface area contributed by atoms with E-state index >= 15 is 4.39 Å². The van der Waals surface area contributed by atoms with Crippen molar-refractivity contribution in [1.29, 1.82) is 0 Å². The highest BCUT2D eigenvalue weighted by Gasteiger charge is 2.30. The van der Waals surface area contributed by atoms with Crippen molar-refractivity contribution in [3.05, 3.63) is 101 Å². The minimum Gasteiger partial charge on any atom is -0.478 e. The Morgan fingerprint density at radius 3 is 2.05 bits per heavy atom. The summed E-state index contributed by atoms with van der Waals surface area (Å²) in [5.41, 5.74) is 2.45. The molecule has 4 aromatic carbocycles. The van der Waals surface area contributed by atoms with Crippen LogP contribution in [0.3, 0.4) is 0 Å².